The molecule has 0 aliphatic carbocycles. The van der Waals surface area contributed by atoms with Gasteiger partial charge in [0.2, 0.25) is 0 Å². The molecule has 0 atom stereocenters. The van der Waals surface area contributed by atoms with Crippen LogP contribution in [0.4, 0.5) is 0 Å². The fraction of sp³-hybridized carbons (Fsp3) is 0. The van der Waals surface area contributed by atoms with E-state index in [0.717, 1.165) is 50.5 Å². The monoisotopic (exact) mass is 732 g/mol. The zero-order chi connectivity index (χ0) is 37.0. The minimum Gasteiger partial charge on any atom is -0.309 e. The van der Waals surface area contributed by atoms with Crippen molar-refractivity contribution < 1.29 is 0 Å². The Morgan fingerprint density at radius 2 is 0.821 bits per heavy atom. The molecule has 0 bridgehead atoms. The van der Waals surface area contributed by atoms with Gasteiger partial charge in [-0.3, -0.25) is 9.13 Å². The highest BCUT2D eigenvalue weighted by molar-refractivity contribution is 6.95. The van der Waals surface area contributed by atoms with Gasteiger partial charge >= 0.3 is 0 Å². The summed E-state index contributed by atoms with van der Waals surface area (Å²) in [6, 6.07) is 76.9. The van der Waals surface area contributed by atoms with Crippen LogP contribution in [-0.2, 0) is 0 Å². The summed E-state index contributed by atoms with van der Waals surface area (Å²) in [5.74, 6) is 0.920. The molecule has 0 aliphatic heterocycles. The molecule has 0 amide bonds. The lowest BCUT2D eigenvalue weighted by molar-refractivity contribution is 1.10. The number of hydrogen-bond acceptors (Lipinski definition) is 1. The Balaban J connectivity index is 1.18. The molecular weight excluding hydrogens is 697 g/mol. The number of para-hydroxylation sites is 3. The Hall–Kier alpha value is -7.21. The molecule has 4 nitrogen and oxygen atoms in total. The van der Waals surface area contributed by atoms with Crippen molar-refractivity contribution in [2.45, 2.75) is 0 Å². The maximum atomic E-state index is 5.49. The lowest BCUT2D eigenvalue weighted by Crippen LogP contribution is -2.51. The van der Waals surface area contributed by atoms with Crippen molar-refractivity contribution in [3.8, 4) is 28.5 Å². The van der Waals surface area contributed by atoms with E-state index in [-0.39, 0.29) is 0 Å². The van der Waals surface area contributed by atoms with E-state index in [9.17, 15) is 0 Å². The number of fused-ring (bicyclic) bond motifs is 6. The molecule has 11 aromatic rings. The lowest BCUT2D eigenvalue weighted by Gasteiger charge is -2.18. The quantitative estimate of drug-likeness (QED) is 0.118. The van der Waals surface area contributed by atoms with Gasteiger partial charge in [-0.2, -0.15) is 0 Å². The van der Waals surface area contributed by atoms with Crippen LogP contribution in [0.5, 0.6) is 0 Å². The predicted octanol–water partition coefficient (Wildman–Crippen LogP) is 9.98. The molecule has 0 radical (unpaired) electrons. The SMILES string of the molecule is c1ccc(-c2nc3c(c4cc5c6ccccc6n(-c6ccc([SiH](c7ccccc7)c7ccccc7)cc6)c5cc4n3-c3ccccc3)n2-c2ccccc2)cc1. The van der Waals surface area contributed by atoms with Crippen molar-refractivity contribution >= 4 is 68.2 Å². The molecule has 0 N–H and O–H groups in total. The molecule has 0 unspecified atom stereocenters. The van der Waals surface area contributed by atoms with Gasteiger partial charge in [-0.15, -0.1) is 0 Å². The van der Waals surface area contributed by atoms with Crippen LogP contribution in [0.3, 0.4) is 0 Å². The van der Waals surface area contributed by atoms with Gasteiger partial charge in [0.25, 0.3) is 0 Å². The van der Waals surface area contributed by atoms with E-state index in [2.05, 4.69) is 226 Å². The van der Waals surface area contributed by atoms with E-state index >= 15 is 0 Å². The van der Waals surface area contributed by atoms with Crippen LogP contribution in [0.15, 0.2) is 212 Å². The van der Waals surface area contributed by atoms with Crippen LogP contribution < -0.4 is 15.6 Å². The average Bonchev–Trinajstić information content (AvgIpc) is 3.92. The van der Waals surface area contributed by atoms with Gasteiger partial charge in [0.1, 0.15) is 20.1 Å². The number of nitrogens with zero attached hydrogens (tertiary/aromatic N) is 4. The number of benzene rings is 8. The summed E-state index contributed by atoms with van der Waals surface area (Å²) in [6.45, 7) is 0. The fourth-order valence-electron chi connectivity index (χ4n) is 8.71. The third-order valence-electron chi connectivity index (χ3n) is 11.2. The van der Waals surface area contributed by atoms with Crippen LogP contribution in [0.2, 0.25) is 0 Å². The fourth-order valence-corrected chi connectivity index (χ4v) is 11.7. The van der Waals surface area contributed by atoms with Crippen molar-refractivity contribution in [2.24, 2.45) is 0 Å². The van der Waals surface area contributed by atoms with Crippen LogP contribution in [0.1, 0.15) is 0 Å². The highest BCUT2D eigenvalue weighted by Gasteiger charge is 2.25. The van der Waals surface area contributed by atoms with Crippen molar-refractivity contribution in [1.82, 2.24) is 18.7 Å². The average molecular weight is 733 g/mol. The zero-order valence-electron chi connectivity index (χ0n) is 30.6. The first-order chi connectivity index (χ1) is 27.8. The normalized spacial score (nSPS) is 11.7. The molecule has 0 aliphatic rings. The van der Waals surface area contributed by atoms with Crippen LogP contribution in [0.25, 0.3) is 72.3 Å². The zero-order valence-corrected chi connectivity index (χ0v) is 31.7. The van der Waals surface area contributed by atoms with E-state index < -0.39 is 8.80 Å². The highest BCUT2D eigenvalue weighted by atomic mass is 28.3. The summed E-state index contributed by atoms with van der Waals surface area (Å²) in [4.78, 5) is 5.49. The van der Waals surface area contributed by atoms with Gasteiger partial charge in [-0.25, -0.2) is 4.98 Å². The maximum Gasteiger partial charge on any atom is 0.165 e. The molecule has 11 rings (SSSR count). The molecule has 3 heterocycles. The van der Waals surface area contributed by atoms with Gasteiger partial charge in [0, 0.05) is 38.8 Å². The smallest absolute Gasteiger partial charge is 0.165 e. The van der Waals surface area contributed by atoms with Crippen molar-refractivity contribution in [3.63, 3.8) is 0 Å². The largest absolute Gasteiger partial charge is 0.309 e. The van der Waals surface area contributed by atoms with E-state index in [1.165, 1.54) is 37.4 Å². The summed E-state index contributed by atoms with van der Waals surface area (Å²) >= 11 is 0. The first-order valence-electron chi connectivity index (χ1n) is 19.2. The molecular formula is C51H36N4Si. The Morgan fingerprint density at radius 3 is 1.45 bits per heavy atom. The Labute approximate surface area is 326 Å². The minimum absolute atomic E-state index is 0.920. The first-order valence-corrected chi connectivity index (χ1v) is 20.9. The summed E-state index contributed by atoms with van der Waals surface area (Å²) in [5, 5.41) is 7.84. The van der Waals surface area contributed by atoms with E-state index in [1.54, 1.807) is 0 Å². The molecule has 264 valence electrons. The number of rotatable bonds is 7. The highest BCUT2D eigenvalue weighted by Crippen LogP contribution is 2.41. The standard InChI is InChI=1S/C51H36N4Si/c1-6-18-36(19-7-1)50-52-51-49(55(50)38-22-10-3-11-23-38)45-34-44-43-28-16-17-29-46(43)53(47(44)35-48(45)54(51)37-20-8-2-9-21-37)39-30-32-42(33-31-39)56(40-24-12-4-13-25-40)41-26-14-5-15-27-41/h1-35,56H. The summed E-state index contributed by atoms with van der Waals surface area (Å²) in [6.07, 6.45) is 0. The second-order valence-corrected chi connectivity index (χ2v) is 17.3. The molecule has 56 heavy (non-hydrogen) atoms. The van der Waals surface area contributed by atoms with Crippen molar-refractivity contribution in [2.75, 3.05) is 0 Å². The second-order valence-electron chi connectivity index (χ2n) is 14.4. The molecule has 0 saturated heterocycles. The summed E-state index contributed by atoms with van der Waals surface area (Å²) in [7, 11) is -1.67. The predicted molar refractivity (Wildman–Crippen MR) is 237 cm³/mol. The summed E-state index contributed by atoms with van der Waals surface area (Å²) < 4.78 is 7.13. The van der Waals surface area contributed by atoms with Gasteiger partial charge in [0.15, 0.2) is 5.65 Å². The van der Waals surface area contributed by atoms with Crippen LogP contribution >= 0.6 is 0 Å². The topological polar surface area (TPSA) is 27.7 Å². The van der Waals surface area contributed by atoms with Gasteiger partial charge in [0.05, 0.1) is 16.6 Å². The Bertz CT molecular complexity index is 3110. The lowest BCUT2D eigenvalue weighted by atomic mass is 10.1. The van der Waals surface area contributed by atoms with Crippen molar-refractivity contribution in [1.29, 1.82) is 0 Å². The molecule has 0 saturated carbocycles. The van der Waals surface area contributed by atoms with Gasteiger partial charge in [-0.05, 0) is 54.6 Å². The molecule has 0 spiro atoms. The maximum absolute atomic E-state index is 5.49. The third-order valence-corrected chi connectivity index (χ3v) is 14.3. The van der Waals surface area contributed by atoms with Crippen LogP contribution in [0, 0.1) is 0 Å². The minimum atomic E-state index is -1.67. The number of hydrogen-bond donors (Lipinski definition) is 0. The van der Waals surface area contributed by atoms with Crippen LogP contribution in [-0.4, -0.2) is 27.5 Å². The first kappa shape index (κ1) is 32.2. The molecule has 5 heteroatoms. The van der Waals surface area contributed by atoms with Gasteiger partial charge in [-0.1, -0.05) is 173 Å². The molecule has 8 aromatic carbocycles. The van der Waals surface area contributed by atoms with E-state index in [4.69, 9.17) is 4.98 Å². The van der Waals surface area contributed by atoms with Crippen molar-refractivity contribution in [3.05, 3.63) is 212 Å². The van der Waals surface area contributed by atoms with E-state index in [1.807, 2.05) is 0 Å². The molecule has 0 fully saturated rings. The Kier molecular flexibility index (Phi) is 7.64. The third kappa shape index (κ3) is 5.17. The summed E-state index contributed by atoms with van der Waals surface area (Å²) in [5.41, 5.74) is 9.87. The number of imidazole rings is 1. The van der Waals surface area contributed by atoms with E-state index in [0.29, 0.717) is 0 Å². The second kappa shape index (κ2) is 13.3. The molecule has 3 aromatic heterocycles. The number of aromatic nitrogens is 4. The Morgan fingerprint density at radius 1 is 0.339 bits per heavy atom. The van der Waals surface area contributed by atoms with Gasteiger partial charge < -0.3 is 4.57 Å².